The molecule has 27 heavy (non-hydrogen) atoms. The Morgan fingerprint density at radius 1 is 0.852 bits per heavy atom. The van der Waals surface area contributed by atoms with E-state index < -0.39 is 0 Å². The van der Waals surface area contributed by atoms with Gasteiger partial charge in [-0.2, -0.15) is 0 Å². The molecule has 0 aromatic heterocycles. The first kappa shape index (κ1) is 20.5. The van der Waals surface area contributed by atoms with Crippen molar-refractivity contribution >= 4 is 11.8 Å². The molecule has 0 fully saturated rings. The molecule has 144 valence electrons. The van der Waals surface area contributed by atoms with Gasteiger partial charge in [0, 0.05) is 13.1 Å². The zero-order valence-electron chi connectivity index (χ0n) is 16.2. The molecule has 0 aliphatic rings. The molecule has 0 spiro atoms. The van der Waals surface area contributed by atoms with E-state index >= 15 is 0 Å². The van der Waals surface area contributed by atoms with Crippen molar-refractivity contribution in [3.05, 3.63) is 65.7 Å². The molecule has 5 heteroatoms. The van der Waals surface area contributed by atoms with E-state index in [0.29, 0.717) is 25.3 Å². The van der Waals surface area contributed by atoms with Crippen LogP contribution in [0.1, 0.15) is 31.9 Å². The maximum Gasteiger partial charge on any atom is 0.258 e. The Labute approximate surface area is 161 Å². The van der Waals surface area contributed by atoms with Gasteiger partial charge < -0.3 is 15.4 Å². The van der Waals surface area contributed by atoms with Crippen LogP contribution in [0.15, 0.2) is 54.6 Å². The fraction of sp³-hybridized carbons (Fsp3) is 0.364. The number of ether oxygens (including phenoxy) is 1. The predicted octanol–water partition coefficient (Wildman–Crippen LogP) is 2.84. The Hall–Kier alpha value is -2.82. The molecule has 0 saturated heterocycles. The summed E-state index contributed by atoms with van der Waals surface area (Å²) < 4.78 is 5.49. The largest absolute Gasteiger partial charge is 0.484 e. The summed E-state index contributed by atoms with van der Waals surface area (Å²) in [6, 6.07) is 17.3. The number of benzene rings is 2. The van der Waals surface area contributed by atoms with Gasteiger partial charge in [-0.3, -0.25) is 9.59 Å². The highest BCUT2D eigenvalue weighted by Crippen LogP contribution is 2.24. The van der Waals surface area contributed by atoms with E-state index in [0.717, 1.165) is 5.56 Å². The standard InChI is InChI=1S/C22H28N2O3/c1-22(2,3)18-9-11-19(12-10-18)27-16-21(26)24-14-13-23-20(25)15-17-7-5-4-6-8-17/h4-12H,13-16H2,1-3H3,(H,23,25)(H,24,26). The van der Waals surface area contributed by atoms with Gasteiger partial charge in [-0.05, 0) is 28.7 Å². The van der Waals surface area contributed by atoms with Crippen molar-refractivity contribution in [3.63, 3.8) is 0 Å². The fourth-order valence-corrected chi connectivity index (χ4v) is 2.50. The van der Waals surface area contributed by atoms with Crippen LogP contribution in [0.25, 0.3) is 0 Å². The highest BCUT2D eigenvalue weighted by atomic mass is 16.5. The number of carbonyl (C=O) groups excluding carboxylic acids is 2. The Morgan fingerprint density at radius 2 is 1.44 bits per heavy atom. The van der Waals surface area contributed by atoms with Crippen LogP contribution in [0.2, 0.25) is 0 Å². The quantitative estimate of drug-likeness (QED) is 0.704. The molecule has 2 aromatic carbocycles. The van der Waals surface area contributed by atoms with E-state index in [2.05, 4.69) is 31.4 Å². The summed E-state index contributed by atoms with van der Waals surface area (Å²) in [5.41, 5.74) is 2.26. The molecule has 2 rings (SSSR count). The monoisotopic (exact) mass is 368 g/mol. The number of nitrogens with one attached hydrogen (secondary N) is 2. The first-order valence-electron chi connectivity index (χ1n) is 9.15. The van der Waals surface area contributed by atoms with Crippen molar-refractivity contribution in [3.8, 4) is 5.75 Å². The maximum absolute atomic E-state index is 11.8. The average Bonchev–Trinajstić information content (AvgIpc) is 2.64. The third-order valence-corrected chi connectivity index (χ3v) is 4.07. The number of hydrogen-bond acceptors (Lipinski definition) is 3. The van der Waals surface area contributed by atoms with Crippen LogP contribution in [-0.4, -0.2) is 31.5 Å². The van der Waals surface area contributed by atoms with Gasteiger partial charge in [0.25, 0.3) is 5.91 Å². The van der Waals surface area contributed by atoms with Gasteiger partial charge >= 0.3 is 0 Å². The predicted molar refractivity (Wildman–Crippen MR) is 107 cm³/mol. The number of hydrogen-bond donors (Lipinski definition) is 2. The van der Waals surface area contributed by atoms with Crippen molar-refractivity contribution in [2.24, 2.45) is 0 Å². The molecule has 5 nitrogen and oxygen atoms in total. The minimum absolute atomic E-state index is 0.0488. The summed E-state index contributed by atoms with van der Waals surface area (Å²) in [4.78, 5) is 23.6. The highest BCUT2D eigenvalue weighted by molar-refractivity contribution is 5.79. The lowest BCUT2D eigenvalue weighted by Gasteiger charge is -2.19. The lowest BCUT2D eigenvalue weighted by Crippen LogP contribution is -2.37. The van der Waals surface area contributed by atoms with Gasteiger partial charge in [0.05, 0.1) is 6.42 Å². The molecule has 0 aliphatic heterocycles. The van der Waals surface area contributed by atoms with Crippen LogP contribution < -0.4 is 15.4 Å². The van der Waals surface area contributed by atoms with Crippen LogP contribution in [0, 0.1) is 0 Å². The summed E-state index contributed by atoms with van der Waals surface area (Å²) in [5.74, 6) is 0.382. The average molecular weight is 368 g/mol. The second-order valence-corrected chi connectivity index (χ2v) is 7.43. The molecule has 0 aliphatic carbocycles. The Kier molecular flexibility index (Phi) is 7.41. The molecule has 0 saturated carbocycles. The molecule has 2 N–H and O–H groups in total. The normalized spacial score (nSPS) is 10.9. The number of rotatable bonds is 8. The van der Waals surface area contributed by atoms with E-state index in [-0.39, 0.29) is 23.8 Å². The molecule has 0 bridgehead atoms. The van der Waals surface area contributed by atoms with Crippen molar-refractivity contribution in [1.29, 1.82) is 0 Å². The second-order valence-electron chi connectivity index (χ2n) is 7.43. The van der Waals surface area contributed by atoms with Crippen LogP contribution in [0.4, 0.5) is 0 Å². The van der Waals surface area contributed by atoms with E-state index in [4.69, 9.17) is 4.74 Å². The molecule has 0 atom stereocenters. The summed E-state index contributed by atoms with van der Waals surface area (Å²) in [6.45, 7) is 7.15. The number of amides is 2. The van der Waals surface area contributed by atoms with Crippen molar-refractivity contribution < 1.29 is 14.3 Å². The van der Waals surface area contributed by atoms with Crippen LogP contribution >= 0.6 is 0 Å². The zero-order valence-corrected chi connectivity index (χ0v) is 16.2. The SMILES string of the molecule is CC(C)(C)c1ccc(OCC(=O)NCCNC(=O)Cc2ccccc2)cc1. The van der Waals surface area contributed by atoms with E-state index in [9.17, 15) is 9.59 Å². The Morgan fingerprint density at radius 3 is 2.04 bits per heavy atom. The van der Waals surface area contributed by atoms with Crippen molar-refractivity contribution in [2.75, 3.05) is 19.7 Å². The first-order chi connectivity index (χ1) is 12.8. The van der Waals surface area contributed by atoms with Crippen LogP contribution in [-0.2, 0) is 21.4 Å². The van der Waals surface area contributed by atoms with Gasteiger partial charge in [0.2, 0.25) is 5.91 Å². The minimum Gasteiger partial charge on any atom is -0.484 e. The number of carbonyl (C=O) groups is 2. The summed E-state index contributed by atoms with van der Waals surface area (Å²) in [5, 5.41) is 5.52. The van der Waals surface area contributed by atoms with Gasteiger partial charge in [-0.25, -0.2) is 0 Å². The zero-order chi connectivity index (χ0) is 19.7. The van der Waals surface area contributed by atoms with Crippen molar-refractivity contribution in [1.82, 2.24) is 10.6 Å². The van der Waals surface area contributed by atoms with Gasteiger partial charge in [0.15, 0.2) is 6.61 Å². The third kappa shape index (κ3) is 7.52. The molecule has 2 aromatic rings. The van der Waals surface area contributed by atoms with Gasteiger partial charge in [-0.15, -0.1) is 0 Å². The lowest BCUT2D eigenvalue weighted by atomic mass is 9.87. The molecule has 0 radical (unpaired) electrons. The molecular weight excluding hydrogens is 340 g/mol. The maximum atomic E-state index is 11.8. The Bertz CT molecular complexity index is 734. The lowest BCUT2D eigenvalue weighted by molar-refractivity contribution is -0.124. The molecule has 0 unspecified atom stereocenters. The van der Waals surface area contributed by atoms with E-state index in [1.54, 1.807) is 0 Å². The van der Waals surface area contributed by atoms with Crippen LogP contribution in [0.3, 0.4) is 0 Å². The summed E-state index contributed by atoms with van der Waals surface area (Å²) >= 11 is 0. The van der Waals surface area contributed by atoms with Crippen molar-refractivity contribution in [2.45, 2.75) is 32.6 Å². The van der Waals surface area contributed by atoms with Crippen LogP contribution in [0.5, 0.6) is 5.75 Å². The minimum atomic E-state index is -0.216. The molecular formula is C22H28N2O3. The first-order valence-corrected chi connectivity index (χ1v) is 9.15. The van der Waals surface area contributed by atoms with E-state index in [1.165, 1.54) is 5.56 Å². The highest BCUT2D eigenvalue weighted by Gasteiger charge is 2.13. The third-order valence-electron chi connectivity index (χ3n) is 4.07. The van der Waals surface area contributed by atoms with Gasteiger partial charge in [-0.1, -0.05) is 63.2 Å². The summed E-state index contributed by atoms with van der Waals surface area (Å²) in [6.07, 6.45) is 0.336. The molecule has 0 heterocycles. The fourth-order valence-electron chi connectivity index (χ4n) is 2.50. The molecule has 2 amide bonds. The summed E-state index contributed by atoms with van der Waals surface area (Å²) in [7, 11) is 0. The Balaban J connectivity index is 1.61. The second kappa shape index (κ2) is 9.76. The van der Waals surface area contributed by atoms with E-state index in [1.807, 2.05) is 54.6 Å². The smallest absolute Gasteiger partial charge is 0.258 e. The van der Waals surface area contributed by atoms with Gasteiger partial charge in [0.1, 0.15) is 5.75 Å². The topological polar surface area (TPSA) is 67.4 Å².